The fourth-order valence-electron chi connectivity index (χ4n) is 2.33. The van der Waals surface area contributed by atoms with Gasteiger partial charge in [-0.3, -0.25) is 4.79 Å². The van der Waals surface area contributed by atoms with Crippen LogP contribution in [0.3, 0.4) is 0 Å². The highest BCUT2D eigenvalue weighted by atomic mass is 32.1. The van der Waals surface area contributed by atoms with Crippen LogP contribution in [0.15, 0.2) is 0 Å². The Kier molecular flexibility index (Phi) is 3.55. The molecule has 1 unspecified atom stereocenters. The number of aromatic nitrogens is 1. The van der Waals surface area contributed by atoms with Crippen LogP contribution in [0.2, 0.25) is 0 Å². The van der Waals surface area contributed by atoms with Crippen LogP contribution in [0.1, 0.15) is 29.4 Å². The summed E-state index contributed by atoms with van der Waals surface area (Å²) in [5.74, 6) is 0.374. The predicted molar refractivity (Wildman–Crippen MR) is 81.2 cm³/mol. The number of nitrogens with two attached hydrogens (primary N) is 1. The van der Waals surface area contributed by atoms with Gasteiger partial charge >= 0.3 is 0 Å². The van der Waals surface area contributed by atoms with Gasteiger partial charge in [-0.1, -0.05) is 11.3 Å². The zero-order chi connectivity index (χ0) is 14.3. The highest BCUT2D eigenvalue weighted by molar-refractivity contribution is 7.18. The summed E-state index contributed by atoms with van der Waals surface area (Å²) >= 11 is 1.38. The average molecular weight is 295 g/mol. The summed E-state index contributed by atoms with van der Waals surface area (Å²) in [7, 11) is 2.09. The van der Waals surface area contributed by atoms with E-state index in [0.29, 0.717) is 22.8 Å². The summed E-state index contributed by atoms with van der Waals surface area (Å²) in [6.45, 7) is 4.54. The van der Waals surface area contributed by atoms with Gasteiger partial charge < -0.3 is 20.9 Å². The standard InChI is InChI=1S/C13H21N5OS/c1-8-7-18(6-5-17(8)2)12(19)10-11(14)16-13(20-10)15-9-3-4-9/h8-9H,3-7,14H2,1-2H3,(H,15,16). The molecule has 1 aromatic rings. The molecule has 1 saturated carbocycles. The minimum absolute atomic E-state index is 0.0174. The fourth-order valence-corrected chi connectivity index (χ4v) is 3.26. The molecule has 20 heavy (non-hydrogen) atoms. The Balaban J connectivity index is 1.71. The third-order valence-electron chi connectivity index (χ3n) is 4.00. The molecule has 0 spiro atoms. The lowest BCUT2D eigenvalue weighted by atomic mass is 10.2. The average Bonchev–Trinajstić information content (AvgIpc) is 3.14. The molecule has 3 rings (SSSR count). The van der Waals surface area contributed by atoms with Gasteiger partial charge in [-0.25, -0.2) is 4.98 Å². The highest BCUT2D eigenvalue weighted by Gasteiger charge is 2.29. The Bertz CT molecular complexity index is 513. The van der Waals surface area contributed by atoms with E-state index in [1.54, 1.807) is 0 Å². The third-order valence-corrected chi connectivity index (χ3v) is 4.99. The molecule has 1 amide bonds. The number of anilines is 2. The van der Waals surface area contributed by atoms with E-state index in [1.807, 2.05) is 4.90 Å². The van der Waals surface area contributed by atoms with Crippen LogP contribution in [0.5, 0.6) is 0 Å². The van der Waals surface area contributed by atoms with Gasteiger partial charge in [0.05, 0.1) is 0 Å². The van der Waals surface area contributed by atoms with Crippen molar-refractivity contribution in [2.75, 3.05) is 37.7 Å². The monoisotopic (exact) mass is 295 g/mol. The number of hydrogen-bond donors (Lipinski definition) is 2. The smallest absolute Gasteiger partial charge is 0.267 e. The van der Waals surface area contributed by atoms with Gasteiger partial charge in [-0.2, -0.15) is 0 Å². The Labute approximate surface area is 123 Å². The number of nitrogens with one attached hydrogen (secondary N) is 1. The van der Waals surface area contributed by atoms with Gasteiger partial charge in [0.2, 0.25) is 0 Å². The minimum Gasteiger partial charge on any atom is -0.382 e. The first-order valence-corrected chi connectivity index (χ1v) is 7.88. The molecule has 0 bridgehead atoms. The maximum absolute atomic E-state index is 12.6. The molecule has 6 nitrogen and oxygen atoms in total. The second-order valence-electron chi connectivity index (χ2n) is 5.73. The molecule has 1 atom stereocenters. The Morgan fingerprint density at radius 2 is 2.20 bits per heavy atom. The number of hydrogen-bond acceptors (Lipinski definition) is 6. The molecule has 1 saturated heterocycles. The largest absolute Gasteiger partial charge is 0.382 e. The van der Waals surface area contributed by atoms with Gasteiger partial charge in [0, 0.05) is 31.7 Å². The number of piperazine rings is 1. The minimum atomic E-state index is 0.0174. The van der Waals surface area contributed by atoms with Crippen molar-refractivity contribution in [1.29, 1.82) is 0 Å². The van der Waals surface area contributed by atoms with Gasteiger partial charge in [0.1, 0.15) is 10.7 Å². The quantitative estimate of drug-likeness (QED) is 0.873. The molecular formula is C13H21N5OS. The van der Waals surface area contributed by atoms with Crippen LogP contribution in [0.4, 0.5) is 10.9 Å². The molecule has 110 valence electrons. The van der Waals surface area contributed by atoms with Crippen molar-refractivity contribution in [3.8, 4) is 0 Å². The molecular weight excluding hydrogens is 274 g/mol. The second-order valence-corrected chi connectivity index (χ2v) is 6.73. The number of nitrogens with zero attached hydrogens (tertiary/aromatic N) is 3. The van der Waals surface area contributed by atoms with E-state index < -0.39 is 0 Å². The van der Waals surface area contributed by atoms with Gasteiger partial charge in [0.15, 0.2) is 5.13 Å². The van der Waals surface area contributed by atoms with Crippen LogP contribution in [-0.2, 0) is 0 Å². The SMILES string of the molecule is CC1CN(C(=O)c2sc(NC3CC3)nc2N)CCN1C. The maximum atomic E-state index is 12.6. The Morgan fingerprint density at radius 3 is 2.85 bits per heavy atom. The summed E-state index contributed by atoms with van der Waals surface area (Å²) in [4.78, 5) is 21.5. The molecule has 0 aromatic carbocycles. The number of nitrogen functional groups attached to an aromatic ring is 1. The summed E-state index contributed by atoms with van der Waals surface area (Å²) in [6.07, 6.45) is 2.36. The topological polar surface area (TPSA) is 74.5 Å². The predicted octanol–water partition coefficient (Wildman–Crippen LogP) is 1.08. The third kappa shape index (κ3) is 2.73. The Hall–Kier alpha value is -1.34. The first kappa shape index (κ1) is 13.6. The first-order valence-electron chi connectivity index (χ1n) is 7.07. The van der Waals surface area contributed by atoms with Crippen molar-refractivity contribution in [2.24, 2.45) is 0 Å². The van der Waals surface area contributed by atoms with Crippen molar-refractivity contribution >= 4 is 28.2 Å². The van der Waals surface area contributed by atoms with E-state index >= 15 is 0 Å². The molecule has 3 N–H and O–H groups in total. The normalized spacial score (nSPS) is 23.9. The van der Waals surface area contributed by atoms with E-state index in [9.17, 15) is 4.79 Å². The van der Waals surface area contributed by atoms with Crippen molar-refractivity contribution in [3.63, 3.8) is 0 Å². The van der Waals surface area contributed by atoms with Crippen molar-refractivity contribution in [3.05, 3.63) is 4.88 Å². The van der Waals surface area contributed by atoms with Crippen LogP contribution in [0.25, 0.3) is 0 Å². The molecule has 0 radical (unpaired) electrons. The van der Waals surface area contributed by atoms with Gasteiger partial charge in [-0.15, -0.1) is 0 Å². The van der Waals surface area contributed by atoms with E-state index in [2.05, 4.69) is 29.2 Å². The van der Waals surface area contributed by atoms with Gasteiger partial charge in [-0.05, 0) is 26.8 Å². The van der Waals surface area contributed by atoms with Crippen LogP contribution in [-0.4, -0.2) is 59.5 Å². The summed E-state index contributed by atoms with van der Waals surface area (Å²) in [6, 6.07) is 0.901. The summed E-state index contributed by atoms with van der Waals surface area (Å²) < 4.78 is 0. The number of thiazole rings is 1. The maximum Gasteiger partial charge on any atom is 0.267 e. The van der Waals surface area contributed by atoms with Crippen molar-refractivity contribution < 1.29 is 4.79 Å². The lowest BCUT2D eigenvalue weighted by Crippen LogP contribution is -2.51. The number of carbonyl (C=O) groups is 1. The first-order chi connectivity index (χ1) is 9.54. The molecule has 1 aliphatic carbocycles. The molecule has 7 heteroatoms. The number of likely N-dealkylation sites (N-methyl/N-ethyl adjacent to an activating group) is 1. The molecule has 2 aliphatic rings. The van der Waals surface area contributed by atoms with E-state index in [0.717, 1.165) is 24.8 Å². The van der Waals surface area contributed by atoms with E-state index in [-0.39, 0.29) is 5.91 Å². The van der Waals surface area contributed by atoms with E-state index in [1.165, 1.54) is 24.2 Å². The number of carbonyl (C=O) groups excluding carboxylic acids is 1. The number of amides is 1. The lowest BCUT2D eigenvalue weighted by Gasteiger charge is -2.37. The summed E-state index contributed by atoms with van der Waals surface area (Å²) in [5, 5.41) is 4.07. The molecule has 2 heterocycles. The van der Waals surface area contributed by atoms with Crippen LogP contribution >= 0.6 is 11.3 Å². The molecule has 1 aromatic heterocycles. The molecule has 1 aliphatic heterocycles. The zero-order valence-electron chi connectivity index (χ0n) is 11.9. The van der Waals surface area contributed by atoms with Crippen molar-refractivity contribution in [2.45, 2.75) is 31.8 Å². The number of rotatable bonds is 3. The zero-order valence-corrected chi connectivity index (χ0v) is 12.7. The van der Waals surface area contributed by atoms with Crippen LogP contribution < -0.4 is 11.1 Å². The Morgan fingerprint density at radius 1 is 1.45 bits per heavy atom. The fraction of sp³-hybridized carbons (Fsp3) is 0.692. The van der Waals surface area contributed by atoms with Crippen molar-refractivity contribution in [1.82, 2.24) is 14.8 Å². The summed E-state index contributed by atoms with van der Waals surface area (Å²) in [5.41, 5.74) is 5.91. The second kappa shape index (κ2) is 5.21. The lowest BCUT2D eigenvalue weighted by molar-refractivity contribution is 0.0578. The van der Waals surface area contributed by atoms with Gasteiger partial charge in [0.25, 0.3) is 5.91 Å². The molecule has 2 fully saturated rings. The highest BCUT2D eigenvalue weighted by Crippen LogP contribution is 2.31. The van der Waals surface area contributed by atoms with Crippen LogP contribution in [0, 0.1) is 0 Å². The van der Waals surface area contributed by atoms with E-state index in [4.69, 9.17) is 5.73 Å².